The van der Waals surface area contributed by atoms with Gasteiger partial charge in [0.2, 0.25) is 0 Å². The number of aromatic nitrogens is 1. The highest BCUT2D eigenvalue weighted by Gasteiger charge is 2.16. The van der Waals surface area contributed by atoms with E-state index in [-0.39, 0.29) is 5.41 Å². The molecule has 0 saturated heterocycles. The van der Waals surface area contributed by atoms with Crippen molar-refractivity contribution >= 4 is 12.2 Å². The number of hydrogen-bond donors (Lipinski definition) is 0. The van der Waals surface area contributed by atoms with Gasteiger partial charge in [0.1, 0.15) is 0 Å². The Morgan fingerprint density at radius 2 is 1.79 bits per heavy atom. The second-order valence-electron chi connectivity index (χ2n) is 4.93. The average molecular weight is 187 g/mol. The molecule has 2 rings (SSSR count). The lowest BCUT2D eigenvalue weighted by atomic mass is 9.85. The Balaban J connectivity index is 2.76. The summed E-state index contributed by atoms with van der Waals surface area (Å²) in [5.74, 6) is 0. The smallest absolute Gasteiger partial charge is 0.0343 e. The fraction of sp³-hybridized carbons (Fsp3) is 0.462. The van der Waals surface area contributed by atoms with Gasteiger partial charge in [-0.3, -0.25) is 4.98 Å². The van der Waals surface area contributed by atoms with Gasteiger partial charge in [-0.2, -0.15) is 0 Å². The summed E-state index contributed by atoms with van der Waals surface area (Å²) >= 11 is 0. The van der Waals surface area contributed by atoms with Gasteiger partial charge in [0, 0.05) is 12.4 Å². The Bertz CT molecular complexity index is 449. The lowest BCUT2D eigenvalue weighted by molar-refractivity contribution is 0.582. The predicted octanol–water partition coefficient (Wildman–Crippen LogP) is 1.73. The Hall–Kier alpha value is -1.11. The molecular weight excluding hydrogens is 170 g/mol. The SMILES string of the molecule is CC(C)(C)c1cncc2c1=CCCC=2. The maximum atomic E-state index is 4.31. The van der Waals surface area contributed by atoms with E-state index in [1.165, 1.54) is 22.4 Å². The molecule has 1 aromatic heterocycles. The van der Waals surface area contributed by atoms with Crippen LogP contribution in [0.25, 0.3) is 12.2 Å². The number of fused-ring (bicyclic) bond motifs is 1. The van der Waals surface area contributed by atoms with Crippen LogP contribution in [0.15, 0.2) is 12.4 Å². The standard InChI is InChI=1S/C13H17N/c1-13(2,3)12-9-14-8-10-6-4-5-7-11(10)12/h6-9H,4-5H2,1-3H3. The van der Waals surface area contributed by atoms with Crippen LogP contribution in [0.2, 0.25) is 0 Å². The number of rotatable bonds is 0. The largest absolute Gasteiger partial charge is 0.264 e. The summed E-state index contributed by atoms with van der Waals surface area (Å²) in [7, 11) is 0. The molecule has 0 unspecified atom stereocenters. The van der Waals surface area contributed by atoms with E-state index in [0.717, 1.165) is 6.42 Å². The van der Waals surface area contributed by atoms with Crippen molar-refractivity contribution in [2.45, 2.75) is 39.0 Å². The van der Waals surface area contributed by atoms with Crippen LogP contribution in [0.4, 0.5) is 0 Å². The third kappa shape index (κ3) is 1.59. The summed E-state index contributed by atoms with van der Waals surface area (Å²) in [5.41, 5.74) is 1.56. The van der Waals surface area contributed by atoms with E-state index in [4.69, 9.17) is 0 Å². The minimum Gasteiger partial charge on any atom is -0.264 e. The highest BCUT2D eigenvalue weighted by Crippen LogP contribution is 2.17. The van der Waals surface area contributed by atoms with Crippen molar-refractivity contribution in [3.63, 3.8) is 0 Å². The van der Waals surface area contributed by atoms with E-state index in [9.17, 15) is 0 Å². The summed E-state index contributed by atoms with van der Waals surface area (Å²) < 4.78 is 0. The summed E-state index contributed by atoms with van der Waals surface area (Å²) in [6, 6.07) is 0. The Kier molecular flexibility index (Phi) is 2.18. The normalized spacial score (nSPS) is 15.4. The summed E-state index contributed by atoms with van der Waals surface area (Å²) in [4.78, 5) is 4.31. The van der Waals surface area contributed by atoms with Crippen molar-refractivity contribution in [2.75, 3.05) is 0 Å². The summed E-state index contributed by atoms with van der Waals surface area (Å²) in [6.07, 6.45) is 10.9. The van der Waals surface area contributed by atoms with E-state index < -0.39 is 0 Å². The van der Waals surface area contributed by atoms with Crippen LogP contribution in [0.1, 0.15) is 39.2 Å². The molecule has 1 nitrogen and oxygen atoms in total. The molecule has 0 saturated carbocycles. The third-order valence-electron chi connectivity index (χ3n) is 2.71. The molecule has 1 heteroatoms. The summed E-state index contributed by atoms with van der Waals surface area (Å²) in [6.45, 7) is 6.73. The van der Waals surface area contributed by atoms with E-state index in [1.54, 1.807) is 0 Å². The molecule has 1 aliphatic carbocycles. The molecular formula is C13H17N. The molecule has 0 atom stereocenters. The zero-order valence-electron chi connectivity index (χ0n) is 9.17. The minimum absolute atomic E-state index is 0.194. The van der Waals surface area contributed by atoms with Gasteiger partial charge in [-0.15, -0.1) is 0 Å². The van der Waals surface area contributed by atoms with Crippen LogP contribution >= 0.6 is 0 Å². The monoisotopic (exact) mass is 187 g/mol. The van der Waals surface area contributed by atoms with Gasteiger partial charge in [0.25, 0.3) is 0 Å². The number of hydrogen-bond acceptors (Lipinski definition) is 1. The van der Waals surface area contributed by atoms with Crippen molar-refractivity contribution in [3.8, 4) is 0 Å². The molecule has 1 aromatic rings. The summed E-state index contributed by atoms with van der Waals surface area (Å²) in [5, 5.41) is 2.71. The molecule has 0 N–H and O–H groups in total. The van der Waals surface area contributed by atoms with Gasteiger partial charge in [-0.25, -0.2) is 0 Å². The van der Waals surface area contributed by atoms with E-state index in [1.807, 2.05) is 12.4 Å². The van der Waals surface area contributed by atoms with E-state index in [2.05, 4.69) is 37.9 Å². The van der Waals surface area contributed by atoms with Gasteiger partial charge in [-0.05, 0) is 34.3 Å². The topological polar surface area (TPSA) is 12.9 Å². The average Bonchev–Trinajstić information content (AvgIpc) is 2.15. The van der Waals surface area contributed by atoms with Gasteiger partial charge in [0.05, 0.1) is 0 Å². The van der Waals surface area contributed by atoms with Crippen molar-refractivity contribution in [1.29, 1.82) is 0 Å². The Labute approximate surface area is 85.2 Å². The first-order valence-electron chi connectivity index (χ1n) is 5.24. The number of pyridine rings is 1. The molecule has 14 heavy (non-hydrogen) atoms. The lowest BCUT2D eigenvalue weighted by Crippen LogP contribution is -2.35. The van der Waals surface area contributed by atoms with Gasteiger partial charge in [-0.1, -0.05) is 32.9 Å². The Morgan fingerprint density at radius 3 is 2.50 bits per heavy atom. The van der Waals surface area contributed by atoms with Crippen molar-refractivity contribution in [3.05, 3.63) is 28.4 Å². The molecule has 74 valence electrons. The van der Waals surface area contributed by atoms with Crippen molar-refractivity contribution in [2.24, 2.45) is 0 Å². The molecule has 0 fully saturated rings. The minimum atomic E-state index is 0.194. The van der Waals surface area contributed by atoms with E-state index in [0.29, 0.717) is 0 Å². The highest BCUT2D eigenvalue weighted by molar-refractivity contribution is 5.41. The fourth-order valence-corrected chi connectivity index (χ4v) is 1.94. The second-order valence-corrected chi connectivity index (χ2v) is 4.93. The van der Waals surface area contributed by atoms with Crippen LogP contribution < -0.4 is 10.4 Å². The van der Waals surface area contributed by atoms with Gasteiger partial charge < -0.3 is 0 Å². The second kappa shape index (κ2) is 3.23. The molecule has 0 bridgehead atoms. The van der Waals surface area contributed by atoms with Crippen molar-refractivity contribution in [1.82, 2.24) is 4.98 Å². The molecule has 0 aliphatic heterocycles. The first-order chi connectivity index (χ1) is 6.59. The van der Waals surface area contributed by atoms with Crippen LogP contribution in [0.3, 0.4) is 0 Å². The van der Waals surface area contributed by atoms with Crippen molar-refractivity contribution < 1.29 is 0 Å². The Morgan fingerprint density at radius 1 is 1.07 bits per heavy atom. The zero-order chi connectivity index (χ0) is 10.2. The molecule has 0 amide bonds. The number of nitrogens with zero attached hydrogens (tertiary/aromatic N) is 1. The van der Waals surface area contributed by atoms with Gasteiger partial charge >= 0.3 is 0 Å². The van der Waals surface area contributed by atoms with Crippen LogP contribution in [-0.2, 0) is 5.41 Å². The van der Waals surface area contributed by atoms with E-state index >= 15 is 0 Å². The fourth-order valence-electron chi connectivity index (χ4n) is 1.94. The highest BCUT2D eigenvalue weighted by atomic mass is 14.6. The predicted molar refractivity (Wildman–Crippen MR) is 60.4 cm³/mol. The van der Waals surface area contributed by atoms with Gasteiger partial charge in [0.15, 0.2) is 0 Å². The lowest BCUT2D eigenvalue weighted by Gasteiger charge is -2.20. The maximum absolute atomic E-state index is 4.31. The van der Waals surface area contributed by atoms with Crippen LogP contribution in [0.5, 0.6) is 0 Å². The zero-order valence-corrected chi connectivity index (χ0v) is 9.17. The molecule has 0 radical (unpaired) electrons. The maximum Gasteiger partial charge on any atom is 0.0343 e. The molecule has 0 aromatic carbocycles. The van der Waals surface area contributed by atoms with Crippen LogP contribution in [0, 0.1) is 0 Å². The molecule has 0 spiro atoms. The molecule has 1 aliphatic rings. The quantitative estimate of drug-likeness (QED) is 0.603. The van der Waals surface area contributed by atoms with Crippen LogP contribution in [-0.4, -0.2) is 4.98 Å². The third-order valence-corrected chi connectivity index (χ3v) is 2.71. The first kappa shape index (κ1) is 9.45. The molecule has 1 heterocycles. The first-order valence-corrected chi connectivity index (χ1v) is 5.24.